The summed E-state index contributed by atoms with van der Waals surface area (Å²) < 4.78 is 11.2. The topological polar surface area (TPSA) is 149 Å². The Morgan fingerprint density at radius 3 is 1.29 bits per heavy atom. The molecule has 0 aromatic heterocycles. The number of aliphatic hydroxyl groups is 5. The third kappa shape index (κ3) is 36.2. The second kappa shape index (κ2) is 46.9. The Balaban J connectivity index is 2.19. The van der Waals surface area contributed by atoms with Crippen LogP contribution in [-0.2, 0) is 14.3 Å². The van der Waals surface area contributed by atoms with Crippen LogP contribution in [0.2, 0.25) is 0 Å². The molecule has 66 heavy (non-hydrogen) atoms. The van der Waals surface area contributed by atoms with E-state index in [1.807, 2.05) is 6.08 Å². The molecule has 9 nitrogen and oxygen atoms in total. The van der Waals surface area contributed by atoms with E-state index in [4.69, 9.17) is 9.47 Å². The maximum Gasteiger partial charge on any atom is 0.220 e. The fourth-order valence-electron chi connectivity index (χ4n) is 8.65. The van der Waals surface area contributed by atoms with Crippen LogP contribution in [0.5, 0.6) is 0 Å². The minimum atomic E-state index is -1.57. The van der Waals surface area contributed by atoms with Crippen molar-refractivity contribution in [2.75, 3.05) is 13.2 Å². The first kappa shape index (κ1) is 62.2. The van der Waals surface area contributed by atoms with Crippen molar-refractivity contribution in [1.29, 1.82) is 0 Å². The van der Waals surface area contributed by atoms with Crippen molar-refractivity contribution < 1.29 is 39.8 Å². The third-order valence-corrected chi connectivity index (χ3v) is 13.1. The van der Waals surface area contributed by atoms with Gasteiger partial charge in [0.05, 0.1) is 25.4 Å². The number of ether oxygens (including phenoxy) is 2. The number of nitrogens with one attached hydrogen (secondary N) is 1. The largest absolute Gasteiger partial charge is 0.394 e. The Morgan fingerprint density at radius 2 is 0.864 bits per heavy atom. The number of carbonyl (C=O) groups is 1. The molecule has 1 saturated heterocycles. The second-order valence-electron chi connectivity index (χ2n) is 19.4. The number of hydrogen-bond donors (Lipinski definition) is 6. The summed E-state index contributed by atoms with van der Waals surface area (Å²) in [5, 5.41) is 54.3. The van der Waals surface area contributed by atoms with Crippen molar-refractivity contribution in [2.45, 2.75) is 294 Å². The van der Waals surface area contributed by atoms with E-state index in [0.717, 1.165) is 51.4 Å². The van der Waals surface area contributed by atoms with Gasteiger partial charge in [-0.1, -0.05) is 223 Å². The standard InChI is InChI=1S/C57H105NO8/c1-3-5-7-9-11-13-15-17-19-20-21-22-23-24-25-26-27-28-29-30-31-32-33-35-37-39-41-43-45-47-53(61)58-50(49-65-57-56(64)55(63)54(62)52(48-59)66-57)51(60)46-44-42-40-38-36-34-18-16-14-12-10-8-6-4-2/h14,16,24-25,36,38,44,46,50-52,54-57,59-60,62-64H,3-13,15,17-23,26-35,37,39-43,45,47-49H2,1-2H3,(H,58,61)/b16-14+,25-24-,38-36+,46-44+. The molecule has 0 aromatic rings. The van der Waals surface area contributed by atoms with Crippen molar-refractivity contribution in [2.24, 2.45) is 0 Å². The summed E-state index contributed by atoms with van der Waals surface area (Å²) in [7, 11) is 0. The first-order chi connectivity index (χ1) is 32.3. The molecule has 0 bridgehead atoms. The smallest absolute Gasteiger partial charge is 0.220 e. The molecule has 7 atom stereocenters. The minimum Gasteiger partial charge on any atom is -0.394 e. The number of rotatable bonds is 47. The summed E-state index contributed by atoms with van der Waals surface area (Å²) in [6, 6.07) is -0.828. The van der Waals surface area contributed by atoms with E-state index in [1.54, 1.807) is 6.08 Å². The fourth-order valence-corrected chi connectivity index (χ4v) is 8.65. The van der Waals surface area contributed by atoms with Crippen molar-refractivity contribution >= 4 is 5.91 Å². The summed E-state index contributed by atoms with van der Waals surface area (Å²) in [5.74, 6) is -0.190. The molecule has 1 amide bonds. The molecule has 7 unspecified atom stereocenters. The summed E-state index contributed by atoms with van der Waals surface area (Å²) in [6.45, 7) is 3.74. The van der Waals surface area contributed by atoms with Gasteiger partial charge in [-0.3, -0.25) is 4.79 Å². The number of allylic oxidation sites excluding steroid dienone is 7. The van der Waals surface area contributed by atoms with Gasteiger partial charge in [-0.25, -0.2) is 0 Å². The summed E-state index contributed by atoms with van der Waals surface area (Å²) in [4.78, 5) is 13.0. The third-order valence-electron chi connectivity index (χ3n) is 13.1. The van der Waals surface area contributed by atoms with Gasteiger partial charge in [0.15, 0.2) is 6.29 Å². The van der Waals surface area contributed by atoms with Crippen LogP contribution in [0.15, 0.2) is 48.6 Å². The second-order valence-corrected chi connectivity index (χ2v) is 19.4. The average molecular weight is 932 g/mol. The number of aliphatic hydroxyl groups excluding tert-OH is 5. The maximum absolute atomic E-state index is 13.0. The molecule has 9 heteroatoms. The Morgan fingerprint density at radius 1 is 0.500 bits per heavy atom. The van der Waals surface area contributed by atoms with E-state index < -0.39 is 49.5 Å². The zero-order valence-electron chi connectivity index (χ0n) is 42.7. The van der Waals surface area contributed by atoms with Crippen LogP contribution in [-0.4, -0.2) is 87.5 Å². The highest BCUT2D eigenvalue weighted by Gasteiger charge is 2.44. The minimum absolute atomic E-state index is 0.190. The van der Waals surface area contributed by atoms with E-state index >= 15 is 0 Å². The monoisotopic (exact) mass is 932 g/mol. The van der Waals surface area contributed by atoms with Crippen LogP contribution in [0.3, 0.4) is 0 Å². The molecule has 1 fully saturated rings. The van der Waals surface area contributed by atoms with Crippen LogP contribution < -0.4 is 5.32 Å². The Labute approximate surface area is 405 Å². The molecule has 386 valence electrons. The average Bonchev–Trinajstić information content (AvgIpc) is 3.32. The van der Waals surface area contributed by atoms with E-state index in [9.17, 15) is 30.3 Å². The first-order valence-corrected chi connectivity index (χ1v) is 27.9. The lowest BCUT2D eigenvalue weighted by Gasteiger charge is -2.40. The Kier molecular flexibility index (Phi) is 44.1. The first-order valence-electron chi connectivity index (χ1n) is 27.9. The molecule has 1 rings (SSSR count). The molecule has 0 spiro atoms. The number of hydrogen-bond acceptors (Lipinski definition) is 8. The van der Waals surface area contributed by atoms with Crippen LogP contribution in [0.1, 0.15) is 251 Å². The lowest BCUT2D eigenvalue weighted by atomic mass is 9.99. The molecule has 0 radical (unpaired) electrons. The summed E-state index contributed by atoms with van der Waals surface area (Å²) >= 11 is 0. The van der Waals surface area contributed by atoms with E-state index in [-0.39, 0.29) is 12.5 Å². The van der Waals surface area contributed by atoms with Gasteiger partial charge in [0, 0.05) is 6.42 Å². The number of carbonyl (C=O) groups excluding carboxylic acids is 1. The van der Waals surface area contributed by atoms with Gasteiger partial charge in [0.2, 0.25) is 5.91 Å². The molecule has 1 heterocycles. The van der Waals surface area contributed by atoms with Gasteiger partial charge in [-0.2, -0.15) is 0 Å². The van der Waals surface area contributed by atoms with Crippen molar-refractivity contribution in [1.82, 2.24) is 5.32 Å². The molecule has 0 aliphatic carbocycles. The Hall–Kier alpha value is -1.85. The van der Waals surface area contributed by atoms with E-state index in [0.29, 0.717) is 6.42 Å². The van der Waals surface area contributed by atoms with Gasteiger partial charge >= 0.3 is 0 Å². The lowest BCUT2D eigenvalue weighted by molar-refractivity contribution is -0.302. The van der Waals surface area contributed by atoms with E-state index in [2.05, 4.69) is 55.6 Å². The zero-order valence-corrected chi connectivity index (χ0v) is 42.7. The predicted octanol–water partition coefficient (Wildman–Crippen LogP) is 13.3. The van der Waals surface area contributed by atoms with Gasteiger partial charge in [-0.05, 0) is 70.6 Å². The van der Waals surface area contributed by atoms with Gasteiger partial charge < -0.3 is 40.3 Å². The highest BCUT2D eigenvalue weighted by molar-refractivity contribution is 5.76. The van der Waals surface area contributed by atoms with Crippen LogP contribution in [0.25, 0.3) is 0 Å². The van der Waals surface area contributed by atoms with Crippen molar-refractivity contribution in [3.05, 3.63) is 48.6 Å². The lowest BCUT2D eigenvalue weighted by Crippen LogP contribution is -2.60. The van der Waals surface area contributed by atoms with Gasteiger partial charge in [0.25, 0.3) is 0 Å². The quantitative estimate of drug-likeness (QED) is 0.0261. The Bertz CT molecular complexity index is 1170. The highest BCUT2D eigenvalue weighted by Crippen LogP contribution is 2.23. The molecule has 0 saturated carbocycles. The SMILES string of the molecule is CCCCCC/C=C/CC/C=C/CC/C=C/C(O)C(COC1OC(CO)C(O)C(O)C1O)NC(=O)CCCCCCCCCCCCCCC/C=C\CCCCCCCCCCCCCC. The summed E-state index contributed by atoms with van der Waals surface area (Å²) in [5.41, 5.74) is 0. The van der Waals surface area contributed by atoms with Crippen LogP contribution in [0.4, 0.5) is 0 Å². The van der Waals surface area contributed by atoms with Crippen molar-refractivity contribution in [3.8, 4) is 0 Å². The molecular formula is C57H105NO8. The maximum atomic E-state index is 13.0. The molecule has 1 aliphatic heterocycles. The highest BCUT2D eigenvalue weighted by atomic mass is 16.7. The molecular weight excluding hydrogens is 827 g/mol. The molecule has 0 aromatic carbocycles. The predicted molar refractivity (Wildman–Crippen MR) is 276 cm³/mol. The normalized spacial score (nSPS) is 20.1. The van der Waals surface area contributed by atoms with Gasteiger partial charge in [0.1, 0.15) is 24.4 Å². The van der Waals surface area contributed by atoms with Crippen LogP contribution >= 0.6 is 0 Å². The summed E-state index contributed by atoms with van der Waals surface area (Å²) in [6.07, 6.45) is 54.7. The van der Waals surface area contributed by atoms with E-state index in [1.165, 1.54) is 180 Å². The zero-order chi connectivity index (χ0) is 48.0. The molecule has 6 N–H and O–H groups in total. The molecule has 1 aliphatic rings. The van der Waals surface area contributed by atoms with Gasteiger partial charge in [-0.15, -0.1) is 0 Å². The fraction of sp³-hybridized carbons (Fsp3) is 0.842. The number of amides is 1. The number of unbranched alkanes of at least 4 members (excludes halogenated alkanes) is 31. The van der Waals surface area contributed by atoms with Crippen molar-refractivity contribution in [3.63, 3.8) is 0 Å². The van der Waals surface area contributed by atoms with Crippen LogP contribution in [0, 0.1) is 0 Å².